The molecule has 0 aromatic carbocycles. The molecule has 0 aromatic heterocycles. The number of piperazine rings is 1. The van der Waals surface area contributed by atoms with Crippen molar-refractivity contribution in [3.05, 3.63) is 0 Å². The quantitative estimate of drug-likeness (QED) is 0.826. The Labute approximate surface area is 108 Å². The second-order valence-corrected chi connectivity index (χ2v) is 6.65. The van der Waals surface area contributed by atoms with Gasteiger partial charge in [-0.3, -0.25) is 4.90 Å². The molecular formula is C13H25F3N2. The second kappa shape index (κ2) is 5.00. The molecule has 0 radical (unpaired) electrons. The molecule has 1 rings (SSSR count). The fourth-order valence-corrected chi connectivity index (χ4v) is 2.36. The normalized spacial score (nSPS) is 31.7. The molecule has 18 heavy (non-hydrogen) atoms. The third-order valence-electron chi connectivity index (χ3n) is 4.07. The Kier molecular flexibility index (Phi) is 4.38. The first-order valence-corrected chi connectivity index (χ1v) is 6.53. The van der Waals surface area contributed by atoms with Gasteiger partial charge in [-0.25, -0.2) is 0 Å². The minimum atomic E-state index is -4.13. The van der Waals surface area contributed by atoms with E-state index >= 15 is 0 Å². The summed E-state index contributed by atoms with van der Waals surface area (Å²) in [5.74, 6) is 0. The third-order valence-corrected chi connectivity index (χ3v) is 4.07. The van der Waals surface area contributed by atoms with E-state index in [0.717, 1.165) is 0 Å². The molecule has 0 saturated carbocycles. The number of halogens is 3. The van der Waals surface area contributed by atoms with Gasteiger partial charge in [0.25, 0.3) is 0 Å². The smallest absolute Gasteiger partial charge is 0.310 e. The van der Waals surface area contributed by atoms with E-state index in [4.69, 9.17) is 0 Å². The Morgan fingerprint density at radius 1 is 1.28 bits per heavy atom. The summed E-state index contributed by atoms with van der Waals surface area (Å²) in [7, 11) is 0. The fourth-order valence-electron chi connectivity index (χ4n) is 2.36. The molecule has 0 spiro atoms. The first-order chi connectivity index (χ1) is 7.98. The summed E-state index contributed by atoms with van der Waals surface area (Å²) in [6.45, 7) is 10.3. The Morgan fingerprint density at radius 3 is 2.22 bits per heavy atom. The van der Waals surface area contributed by atoms with Crippen LogP contribution in [0.3, 0.4) is 0 Å². The highest BCUT2D eigenvalue weighted by Crippen LogP contribution is 2.31. The Hall–Kier alpha value is -0.290. The number of rotatable bonds is 2. The minimum absolute atomic E-state index is 0.0288. The maximum absolute atomic E-state index is 12.7. The summed E-state index contributed by atoms with van der Waals surface area (Å²) in [6, 6.07) is 0.0967. The second-order valence-electron chi connectivity index (χ2n) is 6.65. The lowest BCUT2D eigenvalue weighted by molar-refractivity contribution is -0.165. The number of nitrogens with zero attached hydrogens (tertiary/aromatic N) is 1. The molecule has 0 amide bonds. The van der Waals surface area contributed by atoms with Crippen LogP contribution < -0.4 is 5.32 Å². The van der Waals surface area contributed by atoms with Crippen molar-refractivity contribution in [1.29, 1.82) is 0 Å². The van der Waals surface area contributed by atoms with Crippen LogP contribution in [0.4, 0.5) is 13.2 Å². The zero-order valence-corrected chi connectivity index (χ0v) is 12.0. The van der Waals surface area contributed by atoms with E-state index in [1.807, 2.05) is 13.8 Å². The van der Waals surface area contributed by atoms with Gasteiger partial charge in [0.05, 0.1) is 6.54 Å². The molecule has 1 saturated heterocycles. The van der Waals surface area contributed by atoms with Gasteiger partial charge in [-0.1, -0.05) is 27.7 Å². The van der Waals surface area contributed by atoms with Gasteiger partial charge < -0.3 is 5.32 Å². The molecule has 1 heterocycles. The van der Waals surface area contributed by atoms with Crippen molar-refractivity contribution < 1.29 is 13.2 Å². The molecule has 1 fully saturated rings. The predicted octanol–water partition coefficient (Wildman–Crippen LogP) is 3.04. The van der Waals surface area contributed by atoms with Crippen LogP contribution in [-0.2, 0) is 0 Å². The standard InChI is InChI=1S/C13H25F3N2/c1-6-12(5)8-17-10(11(2,3)4)7-18(12)9-13(14,15)16/h10,17H,6-9H2,1-5H3. The van der Waals surface area contributed by atoms with Crippen LogP contribution in [0, 0.1) is 5.41 Å². The van der Waals surface area contributed by atoms with E-state index in [0.29, 0.717) is 19.5 Å². The molecule has 108 valence electrons. The van der Waals surface area contributed by atoms with Crippen molar-refractivity contribution in [2.45, 2.75) is 58.8 Å². The van der Waals surface area contributed by atoms with Crippen LogP contribution in [0.1, 0.15) is 41.0 Å². The van der Waals surface area contributed by atoms with Gasteiger partial charge in [0.15, 0.2) is 0 Å². The highest BCUT2D eigenvalue weighted by molar-refractivity contribution is 4.98. The molecule has 2 unspecified atom stereocenters. The molecule has 2 atom stereocenters. The maximum atomic E-state index is 12.7. The van der Waals surface area contributed by atoms with E-state index < -0.39 is 18.3 Å². The van der Waals surface area contributed by atoms with Gasteiger partial charge in [-0.2, -0.15) is 13.2 Å². The summed E-state index contributed by atoms with van der Waals surface area (Å²) in [6.07, 6.45) is -3.41. The van der Waals surface area contributed by atoms with Crippen molar-refractivity contribution >= 4 is 0 Å². The van der Waals surface area contributed by atoms with Gasteiger partial charge in [0.1, 0.15) is 0 Å². The Balaban J connectivity index is 2.84. The van der Waals surface area contributed by atoms with Crippen LogP contribution in [0.5, 0.6) is 0 Å². The van der Waals surface area contributed by atoms with Crippen LogP contribution >= 0.6 is 0 Å². The first kappa shape index (κ1) is 15.8. The Bertz CT molecular complexity index is 283. The molecule has 1 aliphatic heterocycles. The zero-order valence-electron chi connectivity index (χ0n) is 12.0. The highest BCUT2D eigenvalue weighted by atomic mass is 19.4. The summed E-state index contributed by atoms with van der Waals surface area (Å²) in [5.41, 5.74) is -0.434. The van der Waals surface area contributed by atoms with Crippen molar-refractivity contribution in [2.24, 2.45) is 5.41 Å². The molecule has 5 heteroatoms. The number of hydrogen-bond acceptors (Lipinski definition) is 2. The van der Waals surface area contributed by atoms with Crippen molar-refractivity contribution in [3.8, 4) is 0 Å². The summed E-state index contributed by atoms with van der Waals surface area (Å²) in [4.78, 5) is 1.60. The van der Waals surface area contributed by atoms with Gasteiger partial charge in [-0.05, 0) is 18.8 Å². The van der Waals surface area contributed by atoms with Gasteiger partial charge >= 0.3 is 6.18 Å². The summed E-state index contributed by atoms with van der Waals surface area (Å²) in [5, 5.41) is 3.41. The number of hydrogen-bond donors (Lipinski definition) is 1. The SMILES string of the molecule is CCC1(C)CNC(C(C)(C)C)CN1CC(F)(F)F. The van der Waals surface area contributed by atoms with Gasteiger partial charge in [0, 0.05) is 24.7 Å². The monoisotopic (exact) mass is 266 g/mol. The van der Waals surface area contributed by atoms with Crippen molar-refractivity contribution in [3.63, 3.8) is 0 Å². The maximum Gasteiger partial charge on any atom is 0.401 e. The van der Waals surface area contributed by atoms with Crippen LogP contribution in [-0.4, -0.2) is 42.3 Å². The van der Waals surface area contributed by atoms with Crippen LogP contribution in [0.25, 0.3) is 0 Å². The molecule has 0 aliphatic carbocycles. The summed E-state index contributed by atoms with van der Waals surface area (Å²) >= 11 is 0. The molecule has 0 aromatic rings. The van der Waals surface area contributed by atoms with E-state index in [9.17, 15) is 13.2 Å². The topological polar surface area (TPSA) is 15.3 Å². The third kappa shape index (κ3) is 3.85. The largest absolute Gasteiger partial charge is 0.401 e. The fraction of sp³-hybridized carbons (Fsp3) is 1.00. The summed E-state index contributed by atoms with van der Waals surface area (Å²) < 4.78 is 38.0. The van der Waals surface area contributed by atoms with Gasteiger partial charge in [-0.15, -0.1) is 0 Å². The lowest BCUT2D eigenvalue weighted by Crippen LogP contribution is -2.66. The average Bonchev–Trinajstić information content (AvgIpc) is 2.18. The molecular weight excluding hydrogens is 241 g/mol. The molecule has 2 nitrogen and oxygen atoms in total. The number of nitrogens with one attached hydrogen (secondary N) is 1. The minimum Gasteiger partial charge on any atom is -0.310 e. The lowest BCUT2D eigenvalue weighted by Gasteiger charge is -2.51. The molecule has 1 N–H and O–H groups in total. The average molecular weight is 266 g/mol. The van der Waals surface area contributed by atoms with E-state index in [1.165, 1.54) is 0 Å². The van der Waals surface area contributed by atoms with Gasteiger partial charge in [0.2, 0.25) is 0 Å². The highest BCUT2D eigenvalue weighted by Gasteiger charge is 2.44. The van der Waals surface area contributed by atoms with Crippen molar-refractivity contribution in [1.82, 2.24) is 10.2 Å². The Morgan fingerprint density at radius 2 is 1.83 bits per heavy atom. The zero-order chi connectivity index (χ0) is 14.2. The number of alkyl halides is 3. The van der Waals surface area contributed by atoms with Crippen molar-refractivity contribution in [2.75, 3.05) is 19.6 Å². The lowest BCUT2D eigenvalue weighted by atomic mass is 9.81. The van der Waals surface area contributed by atoms with E-state index in [-0.39, 0.29) is 11.5 Å². The molecule has 0 bridgehead atoms. The molecule has 1 aliphatic rings. The van der Waals surface area contributed by atoms with E-state index in [2.05, 4.69) is 26.1 Å². The van der Waals surface area contributed by atoms with E-state index in [1.54, 1.807) is 4.90 Å². The van der Waals surface area contributed by atoms with Crippen LogP contribution in [0.15, 0.2) is 0 Å². The van der Waals surface area contributed by atoms with Crippen LogP contribution in [0.2, 0.25) is 0 Å². The predicted molar refractivity (Wildman–Crippen MR) is 67.6 cm³/mol. The first-order valence-electron chi connectivity index (χ1n) is 6.53.